The van der Waals surface area contributed by atoms with Crippen LogP contribution in [0.3, 0.4) is 0 Å². The second kappa shape index (κ2) is 5.96. The molecule has 0 aliphatic heterocycles. The molecule has 0 saturated carbocycles. The van der Waals surface area contributed by atoms with Crippen LogP contribution in [0, 0.1) is 12.7 Å². The fourth-order valence-corrected chi connectivity index (χ4v) is 2.74. The van der Waals surface area contributed by atoms with Crippen LogP contribution >= 0.6 is 11.3 Å². The first-order chi connectivity index (χ1) is 9.52. The zero-order chi connectivity index (χ0) is 14.7. The molecule has 2 rings (SSSR count). The maximum atomic E-state index is 13.9. The molecule has 0 N–H and O–H groups in total. The smallest absolute Gasteiger partial charge is 0.330 e. The molecule has 20 heavy (non-hydrogen) atoms. The Labute approximate surface area is 120 Å². The lowest BCUT2D eigenvalue weighted by molar-refractivity contribution is -0.134. The van der Waals surface area contributed by atoms with Crippen molar-refractivity contribution in [2.24, 2.45) is 0 Å². The van der Waals surface area contributed by atoms with Crippen molar-refractivity contribution in [2.45, 2.75) is 13.8 Å². The van der Waals surface area contributed by atoms with Gasteiger partial charge in [-0.05, 0) is 31.6 Å². The number of aryl methyl sites for hydroxylation is 1. The molecule has 1 aromatic carbocycles. The predicted octanol–water partition coefficient (Wildman–Crippen LogP) is 3.83. The average molecular weight is 291 g/mol. The zero-order valence-corrected chi connectivity index (χ0v) is 12.3. The zero-order valence-electron chi connectivity index (χ0n) is 11.4. The van der Waals surface area contributed by atoms with Gasteiger partial charge in [0.1, 0.15) is 5.82 Å². The lowest BCUT2D eigenvalue weighted by Gasteiger charge is -2.04. The predicted molar refractivity (Wildman–Crippen MR) is 77.9 cm³/mol. The minimum Gasteiger partial charge on any atom is -0.466 e. The molecule has 0 spiro atoms. The Bertz CT molecular complexity index is 676. The van der Waals surface area contributed by atoms with E-state index in [0.29, 0.717) is 16.8 Å². The maximum absolute atomic E-state index is 13.9. The number of thiazole rings is 1. The van der Waals surface area contributed by atoms with Crippen LogP contribution in [-0.4, -0.2) is 18.1 Å². The van der Waals surface area contributed by atoms with Gasteiger partial charge < -0.3 is 4.74 Å². The molecule has 0 saturated heterocycles. The van der Waals surface area contributed by atoms with Crippen LogP contribution in [0.1, 0.15) is 16.8 Å². The quantitative estimate of drug-likeness (QED) is 0.637. The molecule has 3 nitrogen and oxygen atoms in total. The lowest BCUT2D eigenvalue weighted by atomic mass is 10.1. The Morgan fingerprint density at radius 3 is 2.75 bits per heavy atom. The molecule has 0 atom stereocenters. The van der Waals surface area contributed by atoms with Gasteiger partial charge in [0.05, 0.1) is 22.7 Å². The molecular formula is C15H14FNO2S. The number of halogens is 1. The van der Waals surface area contributed by atoms with E-state index >= 15 is 0 Å². The van der Waals surface area contributed by atoms with Crippen molar-refractivity contribution in [3.05, 3.63) is 46.0 Å². The minimum absolute atomic E-state index is 0.329. The van der Waals surface area contributed by atoms with E-state index in [4.69, 9.17) is 0 Å². The fraction of sp³-hybridized carbons (Fsp3) is 0.200. The molecule has 0 fully saturated rings. The van der Waals surface area contributed by atoms with E-state index in [0.717, 1.165) is 9.88 Å². The molecule has 0 bridgehead atoms. The van der Waals surface area contributed by atoms with Crippen molar-refractivity contribution in [3.8, 4) is 11.3 Å². The van der Waals surface area contributed by atoms with Crippen molar-refractivity contribution in [3.63, 3.8) is 0 Å². The van der Waals surface area contributed by atoms with Gasteiger partial charge in [-0.3, -0.25) is 0 Å². The second-order valence-corrected chi connectivity index (χ2v) is 5.44. The maximum Gasteiger partial charge on any atom is 0.330 e. The Morgan fingerprint density at radius 1 is 1.40 bits per heavy atom. The molecule has 0 aliphatic rings. The number of allylic oxidation sites excluding steroid dienone is 1. The number of esters is 1. The highest BCUT2D eigenvalue weighted by Crippen LogP contribution is 2.34. The third kappa shape index (κ3) is 2.93. The molecule has 0 unspecified atom stereocenters. The van der Waals surface area contributed by atoms with Crippen LogP contribution < -0.4 is 0 Å². The fourth-order valence-electron chi connectivity index (χ4n) is 1.83. The number of nitrogens with zero attached hydrogens (tertiary/aromatic N) is 1. The van der Waals surface area contributed by atoms with Gasteiger partial charge in [-0.1, -0.05) is 12.1 Å². The summed E-state index contributed by atoms with van der Waals surface area (Å²) in [6.07, 6.45) is 1.39. The molecular weight excluding hydrogens is 277 g/mol. The summed E-state index contributed by atoms with van der Waals surface area (Å²) in [5.41, 5.74) is 1.70. The van der Waals surface area contributed by atoms with Crippen LogP contribution in [0.4, 0.5) is 4.39 Å². The summed E-state index contributed by atoms with van der Waals surface area (Å²) >= 11 is 1.42. The first kappa shape index (κ1) is 14.4. The standard InChI is InChI=1S/C15H14FNO2S/c1-9(8-13(18)19-3)15-14(17-10(2)20-15)11-6-4-5-7-12(11)16/h4-8H,1-3H3/b9-8+. The normalized spacial score (nSPS) is 11.5. The molecule has 5 heteroatoms. The highest BCUT2D eigenvalue weighted by atomic mass is 32.1. The van der Waals surface area contributed by atoms with E-state index in [9.17, 15) is 9.18 Å². The molecule has 0 aliphatic carbocycles. The van der Waals surface area contributed by atoms with E-state index in [2.05, 4.69) is 9.72 Å². The largest absolute Gasteiger partial charge is 0.466 e. The van der Waals surface area contributed by atoms with Crippen molar-refractivity contribution in [1.29, 1.82) is 0 Å². The Balaban J connectivity index is 2.54. The number of carbonyl (C=O) groups excluding carboxylic acids is 1. The van der Waals surface area contributed by atoms with Gasteiger partial charge in [-0.2, -0.15) is 0 Å². The number of hydrogen-bond donors (Lipinski definition) is 0. The highest BCUT2D eigenvalue weighted by Gasteiger charge is 2.16. The molecule has 104 valence electrons. The van der Waals surface area contributed by atoms with Gasteiger partial charge in [0.25, 0.3) is 0 Å². The Kier molecular flexibility index (Phi) is 4.29. The summed E-state index contributed by atoms with van der Waals surface area (Å²) in [5, 5.41) is 0.816. The second-order valence-electron chi connectivity index (χ2n) is 4.24. The van der Waals surface area contributed by atoms with Crippen LogP contribution in [-0.2, 0) is 9.53 Å². The van der Waals surface area contributed by atoms with Gasteiger partial charge in [-0.25, -0.2) is 14.2 Å². The van der Waals surface area contributed by atoms with Crippen LogP contribution in [0.5, 0.6) is 0 Å². The van der Waals surface area contributed by atoms with Crippen molar-refractivity contribution >= 4 is 22.9 Å². The van der Waals surface area contributed by atoms with E-state index in [1.54, 1.807) is 25.1 Å². The molecule has 0 radical (unpaired) electrons. The van der Waals surface area contributed by atoms with Gasteiger partial charge >= 0.3 is 5.97 Å². The van der Waals surface area contributed by atoms with Crippen LogP contribution in [0.2, 0.25) is 0 Å². The average Bonchev–Trinajstić information content (AvgIpc) is 2.81. The van der Waals surface area contributed by atoms with Crippen LogP contribution in [0.25, 0.3) is 16.8 Å². The van der Waals surface area contributed by atoms with E-state index in [1.165, 1.54) is 30.6 Å². The summed E-state index contributed by atoms with van der Waals surface area (Å²) in [6, 6.07) is 6.47. The summed E-state index contributed by atoms with van der Waals surface area (Å²) in [6.45, 7) is 3.64. The highest BCUT2D eigenvalue weighted by molar-refractivity contribution is 7.13. The number of aromatic nitrogens is 1. The third-order valence-corrected chi connectivity index (χ3v) is 3.86. The number of methoxy groups -OCH3 is 1. The van der Waals surface area contributed by atoms with Crippen molar-refractivity contribution in [2.75, 3.05) is 7.11 Å². The minimum atomic E-state index is -0.437. The molecule has 2 aromatic rings. The number of carbonyl (C=O) groups is 1. The Morgan fingerprint density at radius 2 is 2.10 bits per heavy atom. The molecule has 1 heterocycles. The topological polar surface area (TPSA) is 39.2 Å². The van der Waals surface area contributed by atoms with E-state index in [-0.39, 0.29) is 5.82 Å². The van der Waals surface area contributed by atoms with E-state index in [1.807, 2.05) is 6.92 Å². The summed E-state index contributed by atoms with van der Waals surface area (Å²) in [4.78, 5) is 16.5. The number of rotatable bonds is 3. The number of hydrogen-bond acceptors (Lipinski definition) is 4. The first-order valence-corrected chi connectivity index (χ1v) is 6.83. The SMILES string of the molecule is COC(=O)/C=C(\C)c1sc(C)nc1-c1ccccc1F. The van der Waals surface area contributed by atoms with Crippen molar-refractivity contribution < 1.29 is 13.9 Å². The third-order valence-electron chi connectivity index (χ3n) is 2.76. The summed E-state index contributed by atoms with van der Waals surface area (Å²) in [7, 11) is 1.32. The summed E-state index contributed by atoms with van der Waals surface area (Å²) < 4.78 is 18.5. The van der Waals surface area contributed by atoms with Gasteiger partial charge in [0.2, 0.25) is 0 Å². The van der Waals surface area contributed by atoms with Crippen LogP contribution in [0.15, 0.2) is 30.3 Å². The van der Waals surface area contributed by atoms with Gasteiger partial charge in [0.15, 0.2) is 0 Å². The summed E-state index contributed by atoms with van der Waals surface area (Å²) in [5.74, 6) is -0.766. The number of benzene rings is 1. The monoisotopic (exact) mass is 291 g/mol. The molecule has 0 amide bonds. The number of ether oxygens (including phenoxy) is 1. The molecule has 1 aromatic heterocycles. The van der Waals surface area contributed by atoms with E-state index < -0.39 is 5.97 Å². The lowest BCUT2D eigenvalue weighted by Crippen LogP contribution is -1.96. The van der Waals surface area contributed by atoms with Gasteiger partial charge in [0, 0.05) is 11.6 Å². The van der Waals surface area contributed by atoms with Crippen molar-refractivity contribution in [1.82, 2.24) is 4.98 Å². The van der Waals surface area contributed by atoms with Gasteiger partial charge in [-0.15, -0.1) is 11.3 Å². The Hall–Kier alpha value is -2.01. The first-order valence-electron chi connectivity index (χ1n) is 6.02.